The van der Waals surface area contributed by atoms with Crippen LogP contribution in [0.2, 0.25) is 0 Å². The lowest BCUT2D eigenvalue weighted by atomic mass is 9.75. The van der Waals surface area contributed by atoms with E-state index in [-0.39, 0.29) is 54.2 Å². The number of pyridine rings is 1. The molecule has 1 aliphatic carbocycles. The summed E-state index contributed by atoms with van der Waals surface area (Å²) in [5.41, 5.74) is 0.909. The van der Waals surface area contributed by atoms with Gasteiger partial charge in [0.05, 0.1) is 17.0 Å². The van der Waals surface area contributed by atoms with Crippen LogP contribution < -0.4 is 15.0 Å². The molecule has 1 N–H and O–H groups in total. The number of fused-ring (bicyclic) bond motifs is 1. The van der Waals surface area contributed by atoms with Gasteiger partial charge in [-0.3, -0.25) is 9.69 Å². The molecule has 2 aromatic rings. The van der Waals surface area contributed by atoms with Crippen LogP contribution in [0.5, 0.6) is 6.01 Å². The van der Waals surface area contributed by atoms with E-state index in [0.717, 1.165) is 5.56 Å². The standard InChI is InChI=1S/C31H41F4N7O2/c1-7-26(43)41-8-9-42(19(4)14-41)29-23-10-17(2)22(28-27(31(33,34)35)18(3)11-25(36-5)38-28)13-24(23)37-30(39-29)44-16-21-12-20(32)15-40(21)6/h7,11,17,19-22H,1,8-10,12-16H2,2-6H3,(H,36,38). The molecule has 3 aliphatic rings. The van der Waals surface area contributed by atoms with Crippen LogP contribution >= 0.6 is 0 Å². The monoisotopic (exact) mass is 619 g/mol. The summed E-state index contributed by atoms with van der Waals surface area (Å²) < 4.78 is 63.2. The highest BCUT2D eigenvalue weighted by atomic mass is 19.4. The number of piperazine rings is 1. The number of nitrogens with zero attached hydrogens (tertiary/aromatic N) is 6. The number of hydrogen-bond acceptors (Lipinski definition) is 8. The van der Waals surface area contributed by atoms with Crippen LogP contribution in [0.4, 0.5) is 29.2 Å². The molecular weight excluding hydrogens is 578 g/mol. The largest absolute Gasteiger partial charge is 0.462 e. The lowest BCUT2D eigenvalue weighted by Crippen LogP contribution is -2.54. The summed E-state index contributed by atoms with van der Waals surface area (Å²) in [6.45, 7) is 11.0. The van der Waals surface area contributed by atoms with Crippen molar-refractivity contribution in [2.24, 2.45) is 5.92 Å². The number of ether oxygens (including phenoxy) is 1. The maximum atomic E-state index is 14.4. The van der Waals surface area contributed by atoms with Gasteiger partial charge in [0.25, 0.3) is 0 Å². The van der Waals surface area contributed by atoms with Crippen molar-refractivity contribution in [1.29, 1.82) is 0 Å². The Morgan fingerprint density at radius 2 is 1.93 bits per heavy atom. The maximum Gasteiger partial charge on any atom is 0.418 e. The van der Waals surface area contributed by atoms with E-state index in [1.54, 1.807) is 11.9 Å². The molecular formula is C31H41F4N7O2. The molecule has 2 saturated heterocycles. The number of carbonyl (C=O) groups is 1. The van der Waals surface area contributed by atoms with Crippen molar-refractivity contribution < 1.29 is 27.1 Å². The van der Waals surface area contributed by atoms with E-state index in [4.69, 9.17) is 14.7 Å². The predicted octanol–water partition coefficient (Wildman–Crippen LogP) is 4.40. The molecule has 44 heavy (non-hydrogen) atoms. The van der Waals surface area contributed by atoms with E-state index >= 15 is 0 Å². The second-order valence-electron chi connectivity index (χ2n) is 12.3. The van der Waals surface area contributed by atoms with Gasteiger partial charge < -0.3 is 19.9 Å². The Bertz CT molecular complexity index is 1400. The minimum absolute atomic E-state index is 0.00844. The fourth-order valence-corrected chi connectivity index (χ4v) is 6.86. The summed E-state index contributed by atoms with van der Waals surface area (Å²) in [7, 11) is 3.48. The van der Waals surface area contributed by atoms with Crippen molar-refractivity contribution in [3.05, 3.63) is 46.8 Å². The van der Waals surface area contributed by atoms with Crippen LogP contribution in [0.1, 0.15) is 54.3 Å². The fourth-order valence-electron chi connectivity index (χ4n) is 6.86. The number of aryl methyl sites for hydroxylation is 1. The molecule has 2 fully saturated rings. The summed E-state index contributed by atoms with van der Waals surface area (Å²) in [5, 5.41) is 2.90. The van der Waals surface area contributed by atoms with Gasteiger partial charge >= 0.3 is 12.2 Å². The second-order valence-corrected chi connectivity index (χ2v) is 12.3. The van der Waals surface area contributed by atoms with Crippen molar-refractivity contribution in [3.8, 4) is 6.01 Å². The van der Waals surface area contributed by atoms with Crippen LogP contribution in [-0.4, -0.2) is 95.8 Å². The first-order valence-electron chi connectivity index (χ1n) is 15.1. The lowest BCUT2D eigenvalue weighted by Gasteiger charge is -2.42. The first kappa shape index (κ1) is 31.9. The third kappa shape index (κ3) is 6.33. The number of anilines is 2. The smallest absolute Gasteiger partial charge is 0.418 e. The normalized spacial score (nSPS) is 26.0. The zero-order chi connectivity index (χ0) is 31.9. The highest BCUT2D eigenvalue weighted by Crippen LogP contribution is 2.45. The Labute approximate surface area is 255 Å². The molecule has 5 rings (SSSR count). The Hall–Kier alpha value is -3.48. The lowest BCUT2D eigenvalue weighted by molar-refractivity contribution is -0.139. The van der Waals surface area contributed by atoms with Crippen molar-refractivity contribution in [2.75, 3.05) is 57.1 Å². The zero-order valence-electron chi connectivity index (χ0n) is 25.9. The summed E-state index contributed by atoms with van der Waals surface area (Å²) in [5.74, 6) is 0.170. The van der Waals surface area contributed by atoms with Crippen LogP contribution in [0.25, 0.3) is 0 Å². The average molecular weight is 620 g/mol. The van der Waals surface area contributed by atoms with Gasteiger partial charge in [0.1, 0.15) is 24.4 Å². The number of likely N-dealkylation sites (N-methyl/N-ethyl adjacent to an activating group) is 1. The number of rotatable bonds is 7. The first-order valence-corrected chi connectivity index (χ1v) is 15.1. The number of nitrogens with one attached hydrogen (secondary N) is 1. The Morgan fingerprint density at radius 3 is 2.55 bits per heavy atom. The van der Waals surface area contributed by atoms with E-state index in [0.29, 0.717) is 56.4 Å². The number of likely N-dealkylation sites (tertiary alicyclic amines) is 1. The molecule has 2 aromatic heterocycles. The van der Waals surface area contributed by atoms with Crippen LogP contribution in [0, 0.1) is 12.8 Å². The molecule has 4 heterocycles. The number of hydrogen-bond donors (Lipinski definition) is 1. The summed E-state index contributed by atoms with van der Waals surface area (Å²) in [4.78, 5) is 32.1. The second kappa shape index (κ2) is 12.5. The third-order valence-electron chi connectivity index (χ3n) is 9.24. The van der Waals surface area contributed by atoms with E-state index in [1.807, 2.05) is 25.8 Å². The summed E-state index contributed by atoms with van der Waals surface area (Å²) in [6, 6.07) is 1.30. The van der Waals surface area contributed by atoms with Gasteiger partial charge in [-0.15, -0.1) is 0 Å². The molecule has 5 atom stereocenters. The highest BCUT2D eigenvalue weighted by molar-refractivity contribution is 5.87. The van der Waals surface area contributed by atoms with Crippen LogP contribution in [-0.2, 0) is 23.8 Å². The summed E-state index contributed by atoms with van der Waals surface area (Å²) >= 11 is 0. The molecule has 2 aliphatic heterocycles. The van der Waals surface area contributed by atoms with Crippen LogP contribution in [0.3, 0.4) is 0 Å². The highest BCUT2D eigenvalue weighted by Gasteiger charge is 2.42. The number of amides is 1. The molecule has 240 valence electrons. The molecule has 5 unspecified atom stereocenters. The molecule has 0 saturated carbocycles. The van der Waals surface area contributed by atoms with Gasteiger partial charge in [-0.2, -0.15) is 23.1 Å². The van der Waals surface area contributed by atoms with Gasteiger partial charge in [-0.25, -0.2) is 9.37 Å². The van der Waals surface area contributed by atoms with Gasteiger partial charge in [-0.05, 0) is 63.8 Å². The molecule has 0 spiro atoms. The number of halogens is 4. The molecule has 13 heteroatoms. The number of alkyl halides is 4. The van der Waals surface area contributed by atoms with E-state index < -0.39 is 23.8 Å². The maximum absolute atomic E-state index is 14.4. The van der Waals surface area contributed by atoms with Gasteiger partial charge in [-0.1, -0.05) is 13.5 Å². The van der Waals surface area contributed by atoms with E-state index in [9.17, 15) is 22.4 Å². The van der Waals surface area contributed by atoms with Crippen molar-refractivity contribution >= 4 is 17.5 Å². The molecule has 1 amide bonds. The number of carbonyl (C=O) groups excluding carboxylic acids is 1. The Kier molecular flexibility index (Phi) is 9.06. The van der Waals surface area contributed by atoms with Crippen LogP contribution in [0.15, 0.2) is 18.7 Å². The molecule has 0 aromatic carbocycles. The van der Waals surface area contributed by atoms with E-state index in [1.165, 1.54) is 19.1 Å². The van der Waals surface area contributed by atoms with E-state index in [2.05, 4.69) is 21.8 Å². The first-order chi connectivity index (χ1) is 20.8. The predicted molar refractivity (Wildman–Crippen MR) is 160 cm³/mol. The Morgan fingerprint density at radius 1 is 1.18 bits per heavy atom. The summed E-state index contributed by atoms with van der Waals surface area (Å²) in [6.07, 6.45) is -3.17. The zero-order valence-corrected chi connectivity index (χ0v) is 25.9. The topological polar surface area (TPSA) is 86.7 Å². The minimum atomic E-state index is -4.57. The van der Waals surface area contributed by atoms with Crippen molar-refractivity contribution in [2.45, 2.75) is 70.4 Å². The SMILES string of the molecule is C=CC(=O)N1CCN(c2nc(OCC3CC(F)CN3C)nc3c2CC(C)C(c2nc(NC)cc(C)c2C(F)(F)F)C3)C(C)C1. The van der Waals surface area contributed by atoms with Gasteiger partial charge in [0, 0.05) is 56.8 Å². The van der Waals surface area contributed by atoms with Gasteiger partial charge in [0.15, 0.2) is 0 Å². The minimum Gasteiger partial charge on any atom is -0.462 e. The fraction of sp³-hybridized carbons (Fsp3) is 0.613. The third-order valence-corrected chi connectivity index (χ3v) is 9.24. The van der Waals surface area contributed by atoms with Crippen molar-refractivity contribution in [1.82, 2.24) is 24.8 Å². The average Bonchev–Trinajstić information content (AvgIpc) is 3.30. The molecule has 0 radical (unpaired) electrons. The van der Waals surface area contributed by atoms with Crippen molar-refractivity contribution in [3.63, 3.8) is 0 Å². The Balaban J connectivity index is 1.54. The van der Waals surface area contributed by atoms with Gasteiger partial charge in [0.2, 0.25) is 5.91 Å². The quantitative estimate of drug-likeness (QED) is 0.361. The molecule has 0 bridgehead atoms. The number of aromatic nitrogens is 3. The molecule has 9 nitrogen and oxygen atoms in total.